The van der Waals surface area contributed by atoms with Gasteiger partial charge in [0.1, 0.15) is 31.6 Å². The molecule has 2 heterocycles. The van der Waals surface area contributed by atoms with E-state index in [1.807, 2.05) is 55.5 Å². The average Bonchev–Trinajstić information content (AvgIpc) is 3.32. The fraction of sp³-hybridized carbons (Fsp3) is 0.300. The Morgan fingerprint density at radius 3 is 2.70 bits per heavy atom. The molecule has 0 amide bonds. The van der Waals surface area contributed by atoms with Crippen LogP contribution >= 0.6 is 11.6 Å². The molecule has 1 saturated heterocycles. The van der Waals surface area contributed by atoms with Gasteiger partial charge in [0, 0.05) is 16.1 Å². The van der Waals surface area contributed by atoms with Crippen molar-refractivity contribution < 1.29 is 14.2 Å². The van der Waals surface area contributed by atoms with E-state index in [2.05, 4.69) is 10.1 Å². The minimum atomic E-state index is -0.881. The second kappa shape index (κ2) is 7.68. The standard InChI is InChI=1S/C20H20ClN3O3/c1-15-10-26-20(27-15,12-24-14-22-13-23-24)17-6-8-18(9-7-17)25-11-16-4-2-3-5-19(16)21/h2-9,13-15H,10-12H2,1H3. The number of nitrogens with zero attached hydrogens (tertiary/aromatic N) is 3. The van der Waals surface area contributed by atoms with E-state index in [0.717, 1.165) is 16.9 Å². The Kier molecular flexibility index (Phi) is 5.11. The number of halogens is 1. The van der Waals surface area contributed by atoms with Gasteiger partial charge >= 0.3 is 0 Å². The molecule has 0 spiro atoms. The van der Waals surface area contributed by atoms with Gasteiger partial charge in [0.15, 0.2) is 0 Å². The molecule has 1 aliphatic heterocycles. The summed E-state index contributed by atoms with van der Waals surface area (Å²) in [7, 11) is 0. The summed E-state index contributed by atoms with van der Waals surface area (Å²) in [4.78, 5) is 3.99. The van der Waals surface area contributed by atoms with Crippen LogP contribution in [0.25, 0.3) is 0 Å². The van der Waals surface area contributed by atoms with Crippen LogP contribution in [0.4, 0.5) is 0 Å². The van der Waals surface area contributed by atoms with E-state index in [4.69, 9.17) is 25.8 Å². The smallest absolute Gasteiger partial charge is 0.215 e. The van der Waals surface area contributed by atoms with Gasteiger partial charge in [-0.2, -0.15) is 5.10 Å². The molecule has 4 rings (SSSR count). The zero-order chi connectivity index (χ0) is 18.7. The fourth-order valence-electron chi connectivity index (χ4n) is 3.08. The highest BCUT2D eigenvalue weighted by Crippen LogP contribution is 2.36. The summed E-state index contributed by atoms with van der Waals surface area (Å²) in [6.07, 6.45) is 3.15. The molecular formula is C20H20ClN3O3. The Hall–Kier alpha value is -2.41. The molecule has 0 aliphatic carbocycles. The lowest BCUT2D eigenvalue weighted by molar-refractivity contribution is -0.186. The van der Waals surface area contributed by atoms with Crippen molar-refractivity contribution >= 4 is 11.6 Å². The molecule has 2 aromatic carbocycles. The van der Waals surface area contributed by atoms with Crippen molar-refractivity contribution in [3.63, 3.8) is 0 Å². The largest absolute Gasteiger partial charge is 0.489 e. The van der Waals surface area contributed by atoms with Gasteiger partial charge in [-0.15, -0.1) is 0 Å². The molecule has 0 N–H and O–H groups in total. The molecule has 0 radical (unpaired) electrons. The lowest BCUT2D eigenvalue weighted by atomic mass is 10.1. The van der Waals surface area contributed by atoms with Crippen molar-refractivity contribution in [2.45, 2.75) is 32.0 Å². The van der Waals surface area contributed by atoms with Crippen molar-refractivity contribution in [1.29, 1.82) is 0 Å². The first-order valence-electron chi connectivity index (χ1n) is 8.75. The summed E-state index contributed by atoms with van der Waals surface area (Å²) in [6.45, 7) is 3.36. The van der Waals surface area contributed by atoms with E-state index >= 15 is 0 Å². The van der Waals surface area contributed by atoms with Crippen molar-refractivity contribution in [1.82, 2.24) is 14.8 Å². The summed E-state index contributed by atoms with van der Waals surface area (Å²) in [5.74, 6) is -0.130. The first kappa shape index (κ1) is 18.0. The van der Waals surface area contributed by atoms with Crippen LogP contribution in [0, 0.1) is 0 Å². The number of ether oxygens (including phenoxy) is 3. The van der Waals surface area contributed by atoms with E-state index in [-0.39, 0.29) is 6.10 Å². The molecule has 27 heavy (non-hydrogen) atoms. The third kappa shape index (κ3) is 3.98. The van der Waals surface area contributed by atoms with Crippen molar-refractivity contribution in [3.8, 4) is 5.75 Å². The zero-order valence-corrected chi connectivity index (χ0v) is 15.7. The van der Waals surface area contributed by atoms with Crippen molar-refractivity contribution in [2.24, 2.45) is 0 Å². The van der Waals surface area contributed by atoms with Gasteiger partial charge in [0.25, 0.3) is 0 Å². The van der Waals surface area contributed by atoms with Gasteiger partial charge in [-0.3, -0.25) is 0 Å². The van der Waals surface area contributed by atoms with Crippen LogP contribution in [0.2, 0.25) is 5.02 Å². The van der Waals surface area contributed by atoms with Crippen LogP contribution in [0.1, 0.15) is 18.1 Å². The Labute approximate surface area is 162 Å². The van der Waals surface area contributed by atoms with Crippen LogP contribution in [0.15, 0.2) is 61.2 Å². The molecule has 2 unspecified atom stereocenters. The number of rotatable bonds is 6. The van der Waals surface area contributed by atoms with Crippen LogP contribution in [0.3, 0.4) is 0 Å². The lowest BCUT2D eigenvalue weighted by Gasteiger charge is -2.28. The highest BCUT2D eigenvalue weighted by atomic mass is 35.5. The molecule has 1 fully saturated rings. The number of hydrogen-bond donors (Lipinski definition) is 0. The van der Waals surface area contributed by atoms with Crippen molar-refractivity contribution in [3.05, 3.63) is 77.3 Å². The van der Waals surface area contributed by atoms with Crippen LogP contribution in [-0.2, 0) is 28.4 Å². The van der Waals surface area contributed by atoms with Gasteiger partial charge in [-0.1, -0.05) is 29.8 Å². The van der Waals surface area contributed by atoms with Crippen molar-refractivity contribution in [2.75, 3.05) is 6.61 Å². The summed E-state index contributed by atoms with van der Waals surface area (Å²) >= 11 is 6.17. The maximum Gasteiger partial charge on any atom is 0.215 e. The third-order valence-electron chi connectivity index (χ3n) is 4.43. The molecule has 0 saturated carbocycles. The number of aromatic nitrogens is 3. The average molecular weight is 386 g/mol. The zero-order valence-electron chi connectivity index (χ0n) is 14.9. The normalized spacial score (nSPS) is 22.1. The molecule has 140 valence electrons. The summed E-state index contributed by atoms with van der Waals surface area (Å²) in [6, 6.07) is 15.4. The molecule has 2 atom stereocenters. The number of hydrogen-bond acceptors (Lipinski definition) is 5. The van der Waals surface area contributed by atoms with Crippen LogP contribution in [-0.4, -0.2) is 27.5 Å². The quantitative estimate of drug-likeness (QED) is 0.646. The number of benzene rings is 2. The predicted molar refractivity (Wildman–Crippen MR) is 100 cm³/mol. The Balaban J connectivity index is 1.50. The van der Waals surface area contributed by atoms with Crippen LogP contribution < -0.4 is 4.74 Å². The minimum absolute atomic E-state index is 0.00432. The fourth-order valence-corrected chi connectivity index (χ4v) is 3.27. The van der Waals surface area contributed by atoms with Gasteiger partial charge < -0.3 is 14.2 Å². The van der Waals surface area contributed by atoms with E-state index in [0.29, 0.717) is 24.8 Å². The Morgan fingerprint density at radius 1 is 1.22 bits per heavy atom. The first-order chi connectivity index (χ1) is 13.1. The van der Waals surface area contributed by atoms with E-state index in [9.17, 15) is 0 Å². The molecule has 1 aromatic heterocycles. The first-order valence-corrected chi connectivity index (χ1v) is 9.13. The third-order valence-corrected chi connectivity index (χ3v) is 4.79. The molecule has 6 nitrogen and oxygen atoms in total. The van der Waals surface area contributed by atoms with Gasteiger partial charge in [0.05, 0.1) is 12.7 Å². The van der Waals surface area contributed by atoms with Gasteiger partial charge in [-0.05, 0) is 37.3 Å². The monoisotopic (exact) mass is 385 g/mol. The topological polar surface area (TPSA) is 58.4 Å². The maximum absolute atomic E-state index is 6.17. The second-order valence-electron chi connectivity index (χ2n) is 6.49. The van der Waals surface area contributed by atoms with E-state index < -0.39 is 5.79 Å². The van der Waals surface area contributed by atoms with E-state index in [1.54, 1.807) is 11.0 Å². The minimum Gasteiger partial charge on any atom is -0.489 e. The molecular weight excluding hydrogens is 366 g/mol. The van der Waals surface area contributed by atoms with E-state index in [1.165, 1.54) is 6.33 Å². The molecule has 0 bridgehead atoms. The maximum atomic E-state index is 6.17. The van der Waals surface area contributed by atoms with Gasteiger partial charge in [-0.25, -0.2) is 9.67 Å². The summed E-state index contributed by atoms with van der Waals surface area (Å²) < 4.78 is 19.7. The highest BCUT2D eigenvalue weighted by Gasteiger charge is 2.42. The SMILES string of the molecule is CC1COC(Cn2cncn2)(c2ccc(OCc3ccccc3Cl)cc2)O1. The van der Waals surface area contributed by atoms with Crippen LogP contribution in [0.5, 0.6) is 5.75 Å². The molecule has 7 heteroatoms. The Morgan fingerprint density at radius 2 is 2.04 bits per heavy atom. The lowest BCUT2D eigenvalue weighted by Crippen LogP contribution is -2.33. The summed E-state index contributed by atoms with van der Waals surface area (Å²) in [5.41, 5.74) is 1.86. The molecule has 1 aliphatic rings. The predicted octanol–water partition coefficient (Wildman–Crippen LogP) is 3.80. The molecule has 3 aromatic rings. The second-order valence-corrected chi connectivity index (χ2v) is 6.90. The Bertz CT molecular complexity index is 886. The highest BCUT2D eigenvalue weighted by molar-refractivity contribution is 6.31. The summed E-state index contributed by atoms with van der Waals surface area (Å²) in [5, 5.41) is 4.87. The van der Waals surface area contributed by atoms with Gasteiger partial charge in [0.2, 0.25) is 5.79 Å².